The SMILES string of the molecule is O=C(C1CCCCC1)C1(F)CCCCC1. The smallest absolute Gasteiger partial charge is 0.173 e. The molecule has 0 aromatic carbocycles. The molecule has 2 heteroatoms. The molecule has 0 aliphatic heterocycles. The highest BCUT2D eigenvalue weighted by atomic mass is 19.1. The fraction of sp³-hybridized carbons (Fsp3) is 0.923. The van der Waals surface area contributed by atoms with E-state index in [4.69, 9.17) is 0 Å². The van der Waals surface area contributed by atoms with Gasteiger partial charge < -0.3 is 0 Å². The minimum atomic E-state index is -1.44. The number of Topliss-reactive ketones (excluding diaryl/α,β-unsaturated/α-hetero) is 1. The van der Waals surface area contributed by atoms with Crippen LogP contribution in [0.15, 0.2) is 0 Å². The van der Waals surface area contributed by atoms with Gasteiger partial charge in [-0.3, -0.25) is 4.79 Å². The summed E-state index contributed by atoms with van der Waals surface area (Å²) in [7, 11) is 0. The average molecular weight is 212 g/mol. The molecule has 2 saturated carbocycles. The minimum Gasteiger partial charge on any atom is -0.296 e. The first kappa shape index (κ1) is 11.1. The van der Waals surface area contributed by atoms with Crippen molar-refractivity contribution in [1.82, 2.24) is 0 Å². The Kier molecular flexibility index (Phi) is 3.42. The summed E-state index contributed by atoms with van der Waals surface area (Å²) in [6, 6.07) is 0. The zero-order valence-electron chi connectivity index (χ0n) is 9.43. The Morgan fingerprint density at radius 2 is 1.47 bits per heavy atom. The highest BCUT2D eigenvalue weighted by Crippen LogP contribution is 2.38. The third kappa shape index (κ3) is 2.40. The third-order valence-corrected chi connectivity index (χ3v) is 4.06. The van der Waals surface area contributed by atoms with Crippen molar-refractivity contribution in [2.24, 2.45) is 5.92 Å². The van der Waals surface area contributed by atoms with Gasteiger partial charge in [0.25, 0.3) is 0 Å². The Balaban J connectivity index is 1.98. The minimum absolute atomic E-state index is 0.0434. The predicted octanol–water partition coefficient (Wildman–Crippen LogP) is 3.81. The lowest BCUT2D eigenvalue weighted by atomic mass is 9.75. The van der Waals surface area contributed by atoms with Gasteiger partial charge >= 0.3 is 0 Å². The molecule has 1 nitrogen and oxygen atoms in total. The second kappa shape index (κ2) is 4.63. The molecule has 0 aromatic rings. The molecule has 0 unspecified atom stereocenters. The monoisotopic (exact) mass is 212 g/mol. The van der Waals surface area contributed by atoms with Gasteiger partial charge in [0.2, 0.25) is 0 Å². The van der Waals surface area contributed by atoms with E-state index in [9.17, 15) is 9.18 Å². The molecular formula is C13H21FO. The summed E-state index contributed by atoms with van der Waals surface area (Å²) in [4.78, 5) is 12.1. The van der Waals surface area contributed by atoms with Gasteiger partial charge in [-0.2, -0.15) is 0 Å². The number of ketones is 1. The zero-order valence-corrected chi connectivity index (χ0v) is 9.43. The maximum Gasteiger partial charge on any atom is 0.173 e. The van der Waals surface area contributed by atoms with Gasteiger partial charge in [0.15, 0.2) is 11.5 Å². The summed E-state index contributed by atoms with van der Waals surface area (Å²) in [6.45, 7) is 0. The van der Waals surface area contributed by atoms with E-state index in [1.165, 1.54) is 6.42 Å². The van der Waals surface area contributed by atoms with Crippen LogP contribution in [0, 0.1) is 5.92 Å². The second-order valence-electron chi connectivity index (χ2n) is 5.23. The third-order valence-electron chi connectivity index (χ3n) is 4.06. The molecule has 15 heavy (non-hydrogen) atoms. The fourth-order valence-corrected chi connectivity index (χ4v) is 3.09. The Hall–Kier alpha value is -0.400. The lowest BCUT2D eigenvalue weighted by molar-refractivity contribution is -0.137. The van der Waals surface area contributed by atoms with Crippen LogP contribution in [0.1, 0.15) is 64.2 Å². The van der Waals surface area contributed by atoms with Gasteiger partial charge in [-0.1, -0.05) is 25.7 Å². The molecule has 0 aromatic heterocycles. The van der Waals surface area contributed by atoms with Crippen LogP contribution >= 0.6 is 0 Å². The van der Waals surface area contributed by atoms with Gasteiger partial charge in [-0.25, -0.2) is 4.39 Å². The van der Waals surface area contributed by atoms with Crippen molar-refractivity contribution in [1.29, 1.82) is 0 Å². The van der Waals surface area contributed by atoms with E-state index in [1.54, 1.807) is 0 Å². The first-order valence-corrected chi connectivity index (χ1v) is 6.46. The van der Waals surface area contributed by atoms with Crippen LogP contribution in [0.3, 0.4) is 0 Å². The summed E-state index contributed by atoms with van der Waals surface area (Å²) < 4.78 is 14.4. The maximum absolute atomic E-state index is 14.4. The summed E-state index contributed by atoms with van der Waals surface area (Å²) in [6.07, 6.45) is 9.20. The average Bonchev–Trinajstić information content (AvgIpc) is 2.30. The first-order valence-electron chi connectivity index (χ1n) is 6.46. The van der Waals surface area contributed by atoms with Crippen molar-refractivity contribution in [3.8, 4) is 0 Å². The number of hydrogen-bond acceptors (Lipinski definition) is 1. The summed E-state index contributed by atoms with van der Waals surface area (Å²) in [5.74, 6) is -0.0104. The molecule has 0 heterocycles. The van der Waals surface area contributed by atoms with Crippen molar-refractivity contribution in [3.63, 3.8) is 0 Å². The summed E-state index contributed by atoms with van der Waals surface area (Å²) >= 11 is 0. The van der Waals surface area contributed by atoms with Crippen molar-refractivity contribution in [2.45, 2.75) is 69.9 Å². The highest BCUT2D eigenvalue weighted by molar-refractivity contribution is 5.89. The van der Waals surface area contributed by atoms with E-state index >= 15 is 0 Å². The zero-order chi connectivity index (χ0) is 10.7. The van der Waals surface area contributed by atoms with E-state index in [0.717, 1.165) is 44.9 Å². The number of halogens is 1. The lowest BCUT2D eigenvalue weighted by Crippen LogP contribution is -2.40. The fourth-order valence-electron chi connectivity index (χ4n) is 3.09. The number of alkyl halides is 1. The second-order valence-corrected chi connectivity index (χ2v) is 5.23. The molecule has 0 bridgehead atoms. The molecule has 0 N–H and O–H groups in total. The highest BCUT2D eigenvalue weighted by Gasteiger charge is 2.42. The van der Waals surface area contributed by atoms with Gasteiger partial charge in [0, 0.05) is 5.92 Å². The topological polar surface area (TPSA) is 17.1 Å². The number of carbonyl (C=O) groups excluding carboxylic acids is 1. The Labute approximate surface area is 91.4 Å². The molecule has 2 rings (SSSR count). The Morgan fingerprint density at radius 3 is 2.07 bits per heavy atom. The van der Waals surface area contributed by atoms with Crippen LogP contribution in [0.25, 0.3) is 0 Å². The van der Waals surface area contributed by atoms with Crippen molar-refractivity contribution in [2.75, 3.05) is 0 Å². The van der Waals surface area contributed by atoms with E-state index in [-0.39, 0.29) is 11.7 Å². The van der Waals surface area contributed by atoms with E-state index in [0.29, 0.717) is 12.8 Å². The van der Waals surface area contributed by atoms with Gasteiger partial charge in [-0.05, 0) is 38.5 Å². The Morgan fingerprint density at radius 1 is 0.933 bits per heavy atom. The lowest BCUT2D eigenvalue weighted by Gasteiger charge is -2.32. The molecule has 2 aliphatic rings. The van der Waals surface area contributed by atoms with E-state index in [2.05, 4.69) is 0 Å². The normalized spacial score (nSPS) is 27.5. The quantitative estimate of drug-likeness (QED) is 0.680. The summed E-state index contributed by atoms with van der Waals surface area (Å²) in [5, 5.41) is 0. The van der Waals surface area contributed by atoms with E-state index < -0.39 is 5.67 Å². The number of hydrogen-bond donors (Lipinski definition) is 0. The van der Waals surface area contributed by atoms with Crippen molar-refractivity contribution >= 4 is 5.78 Å². The molecule has 0 saturated heterocycles. The standard InChI is InChI=1S/C13H21FO/c14-13(9-5-2-6-10-13)12(15)11-7-3-1-4-8-11/h11H,1-10H2. The maximum atomic E-state index is 14.4. The van der Waals surface area contributed by atoms with Gasteiger partial charge in [-0.15, -0.1) is 0 Å². The summed E-state index contributed by atoms with van der Waals surface area (Å²) in [5.41, 5.74) is -1.44. The molecular weight excluding hydrogens is 191 g/mol. The first-order chi connectivity index (χ1) is 7.22. The van der Waals surface area contributed by atoms with Crippen LogP contribution in [-0.4, -0.2) is 11.5 Å². The van der Waals surface area contributed by atoms with Crippen LogP contribution in [0.2, 0.25) is 0 Å². The molecule has 0 spiro atoms. The van der Waals surface area contributed by atoms with Crippen LogP contribution in [-0.2, 0) is 4.79 Å². The van der Waals surface area contributed by atoms with Gasteiger partial charge in [0.05, 0.1) is 0 Å². The molecule has 2 aliphatic carbocycles. The predicted molar refractivity (Wildman–Crippen MR) is 58.5 cm³/mol. The van der Waals surface area contributed by atoms with Crippen molar-refractivity contribution in [3.05, 3.63) is 0 Å². The van der Waals surface area contributed by atoms with E-state index in [1.807, 2.05) is 0 Å². The molecule has 0 radical (unpaired) electrons. The largest absolute Gasteiger partial charge is 0.296 e. The van der Waals surface area contributed by atoms with Crippen LogP contribution in [0.5, 0.6) is 0 Å². The van der Waals surface area contributed by atoms with Gasteiger partial charge in [0.1, 0.15) is 0 Å². The van der Waals surface area contributed by atoms with Crippen LogP contribution < -0.4 is 0 Å². The molecule has 0 atom stereocenters. The number of carbonyl (C=O) groups is 1. The number of rotatable bonds is 2. The van der Waals surface area contributed by atoms with Crippen LogP contribution in [0.4, 0.5) is 4.39 Å². The van der Waals surface area contributed by atoms with Crippen molar-refractivity contribution < 1.29 is 9.18 Å². The molecule has 0 amide bonds. The molecule has 2 fully saturated rings. The Bertz CT molecular complexity index is 225. The molecule has 86 valence electrons.